The molecular formula is C29H30Cl2FN5O3. The fraction of sp³-hybridized carbons (Fsp3) is 0.379. The Kier molecular flexibility index (Phi) is 7.48. The number of hydrogen-bond acceptors (Lipinski definition) is 6. The van der Waals surface area contributed by atoms with Crippen molar-refractivity contribution in [3.63, 3.8) is 0 Å². The van der Waals surface area contributed by atoms with E-state index in [0.29, 0.717) is 33.1 Å². The summed E-state index contributed by atoms with van der Waals surface area (Å²) in [5.41, 5.74) is 10.0. The summed E-state index contributed by atoms with van der Waals surface area (Å²) in [6.07, 6.45) is 5.02. The summed E-state index contributed by atoms with van der Waals surface area (Å²) in [5.74, 6) is 0.672. The lowest BCUT2D eigenvalue weighted by Crippen LogP contribution is -2.52. The molecule has 1 saturated heterocycles. The van der Waals surface area contributed by atoms with Gasteiger partial charge in [0.1, 0.15) is 11.9 Å². The van der Waals surface area contributed by atoms with Crippen LogP contribution in [-0.2, 0) is 9.53 Å². The first-order valence-electron chi connectivity index (χ1n) is 13.4. The molecule has 2 fully saturated rings. The normalized spacial score (nSPS) is 25.4. The zero-order valence-electron chi connectivity index (χ0n) is 22.0. The standard InChI is InChI=1S/C29H30Cl2FN5O3/c1-40-29(39)35-13-20(11-17-5-8-22(32)9-6-17)27-23(16-35)26(33-37(27)25-10-7-21(30)12-24(25)31)28(38)34-36-14-18-3-2-4-19(18)15-36/h5-12,18-19,26,33H,2-4,13-16H2,1H3,(H,34,38)/b20-11+. The second-order valence-electron chi connectivity index (χ2n) is 10.7. The molecule has 0 aromatic heterocycles. The predicted molar refractivity (Wildman–Crippen MR) is 152 cm³/mol. The Labute approximate surface area is 242 Å². The zero-order chi connectivity index (χ0) is 28.0. The van der Waals surface area contributed by atoms with Gasteiger partial charge >= 0.3 is 6.09 Å². The summed E-state index contributed by atoms with van der Waals surface area (Å²) in [4.78, 5) is 28.1. The quantitative estimate of drug-likeness (QED) is 0.525. The van der Waals surface area contributed by atoms with E-state index in [1.165, 1.54) is 38.5 Å². The molecule has 4 aliphatic rings. The number of benzene rings is 2. The Hall–Kier alpha value is -3.11. The Morgan fingerprint density at radius 1 is 1.07 bits per heavy atom. The number of rotatable bonds is 4. The first-order valence-corrected chi connectivity index (χ1v) is 14.2. The van der Waals surface area contributed by atoms with Crippen molar-refractivity contribution in [2.75, 3.05) is 38.3 Å². The highest BCUT2D eigenvalue weighted by atomic mass is 35.5. The van der Waals surface area contributed by atoms with Crippen molar-refractivity contribution in [2.45, 2.75) is 25.3 Å². The molecule has 1 aliphatic carbocycles. The Balaban J connectivity index is 1.40. The van der Waals surface area contributed by atoms with Gasteiger partial charge in [0.2, 0.25) is 0 Å². The Bertz CT molecular complexity index is 1390. The van der Waals surface area contributed by atoms with Gasteiger partial charge in [0.05, 0.1) is 30.1 Å². The largest absolute Gasteiger partial charge is 0.453 e. The summed E-state index contributed by atoms with van der Waals surface area (Å²) in [5, 5.41) is 4.70. The van der Waals surface area contributed by atoms with Crippen molar-refractivity contribution >= 4 is 47.0 Å². The van der Waals surface area contributed by atoms with Crippen molar-refractivity contribution < 1.29 is 18.7 Å². The van der Waals surface area contributed by atoms with Crippen LogP contribution >= 0.6 is 23.2 Å². The van der Waals surface area contributed by atoms with Crippen LogP contribution < -0.4 is 15.9 Å². The maximum Gasteiger partial charge on any atom is 0.410 e. The molecule has 0 radical (unpaired) electrons. The van der Waals surface area contributed by atoms with Gasteiger partial charge in [0.15, 0.2) is 0 Å². The molecule has 0 spiro atoms. The van der Waals surface area contributed by atoms with Crippen LogP contribution in [0.2, 0.25) is 10.0 Å². The van der Waals surface area contributed by atoms with Crippen LogP contribution in [0.4, 0.5) is 14.9 Å². The smallest absolute Gasteiger partial charge is 0.410 e. The summed E-state index contributed by atoms with van der Waals surface area (Å²) in [6, 6.07) is 10.5. The third-order valence-corrected chi connectivity index (χ3v) is 8.75. The van der Waals surface area contributed by atoms with E-state index in [1.54, 1.807) is 40.2 Å². The van der Waals surface area contributed by atoms with E-state index in [9.17, 15) is 14.0 Å². The average Bonchev–Trinajstić information content (AvgIpc) is 3.63. The highest BCUT2D eigenvalue weighted by molar-refractivity contribution is 6.36. The second kappa shape index (κ2) is 11.0. The Morgan fingerprint density at radius 3 is 2.48 bits per heavy atom. The number of halogens is 3. The van der Waals surface area contributed by atoms with E-state index in [1.807, 2.05) is 11.1 Å². The van der Waals surface area contributed by atoms with Gasteiger partial charge in [-0.1, -0.05) is 41.8 Å². The van der Waals surface area contributed by atoms with Gasteiger partial charge in [-0.3, -0.25) is 20.1 Å². The number of nitrogens with one attached hydrogen (secondary N) is 2. The number of hydrogen-bond donors (Lipinski definition) is 2. The van der Waals surface area contributed by atoms with Gasteiger partial charge in [-0.05, 0) is 72.2 Å². The van der Waals surface area contributed by atoms with Crippen molar-refractivity contribution in [1.29, 1.82) is 0 Å². The number of methoxy groups -OCH3 is 1. The first-order chi connectivity index (χ1) is 19.3. The molecule has 2 N–H and O–H groups in total. The average molecular weight is 586 g/mol. The lowest BCUT2D eigenvalue weighted by Gasteiger charge is -2.32. The lowest BCUT2D eigenvalue weighted by atomic mass is 9.95. The second-order valence-corrected chi connectivity index (χ2v) is 11.6. The van der Waals surface area contributed by atoms with Gasteiger partial charge in [0, 0.05) is 30.2 Å². The fourth-order valence-electron chi connectivity index (χ4n) is 6.36. The molecule has 0 bridgehead atoms. The minimum absolute atomic E-state index is 0.181. The van der Waals surface area contributed by atoms with Crippen molar-refractivity contribution in [3.8, 4) is 0 Å². The third kappa shape index (κ3) is 5.19. The van der Waals surface area contributed by atoms with Crippen molar-refractivity contribution in [3.05, 3.63) is 80.7 Å². The molecule has 3 unspecified atom stereocenters. The van der Waals surface area contributed by atoms with Crippen LogP contribution in [-0.4, -0.2) is 61.2 Å². The Morgan fingerprint density at radius 2 is 1.80 bits per heavy atom. The fourth-order valence-corrected chi connectivity index (χ4v) is 6.85. The van der Waals surface area contributed by atoms with Crippen LogP contribution in [0.25, 0.3) is 6.08 Å². The third-order valence-electron chi connectivity index (χ3n) is 8.21. The molecule has 2 aromatic rings. The maximum atomic E-state index is 13.8. The molecule has 3 heterocycles. The highest BCUT2D eigenvalue weighted by Crippen LogP contribution is 2.41. The zero-order valence-corrected chi connectivity index (χ0v) is 23.5. The number of fused-ring (bicyclic) bond motifs is 1. The van der Waals surface area contributed by atoms with Gasteiger partial charge in [-0.25, -0.2) is 19.6 Å². The molecule has 8 nitrogen and oxygen atoms in total. The van der Waals surface area contributed by atoms with E-state index in [0.717, 1.165) is 29.9 Å². The van der Waals surface area contributed by atoms with E-state index in [2.05, 4.69) is 10.9 Å². The topological polar surface area (TPSA) is 77.1 Å². The number of hydrazine groups is 2. The van der Waals surface area contributed by atoms with Crippen molar-refractivity contribution in [1.82, 2.24) is 20.8 Å². The molecular weight excluding hydrogens is 556 g/mol. The van der Waals surface area contributed by atoms with Crippen LogP contribution in [0.1, 0.15) is 24.8 Å². The van der Waals surface area contributed by atoms with E-state index < -0.39 is 12.1 Å². The molecule has 2 aromatic carbocycles. The number of anilines is 1. The van der Waals surface area contributed by atoms with Crippen LogP contribution in [0.5, 0.6) is 0 Å². The van der Waals surface area contributed by atoms with Crippen molar-refractivity contribution in [2.24, 2.45) is 11.8 Å². The molecule has 210 valence electrons. The summed E-state index contributed by atoms with van der Waals surface area (Å²) >= 11 is 12.8. The SMILES string of the molecule is COC(=O)N1CC2=C(/C(=C/c3ccc(F)cc3)C1)N(c1ccc(Cl)cc1Cl)NC2C(=O)NN1CC2CCCC2C1. The minimum atomic E-state index is -0.772. The molecule has 1 saturated carbocycles. The van der Waals surface area contributed by atoms with E-state index in [4.69, 9.17) is 27.9 Å². The lowest BCUT2D eigenvalue weighted by molar-refractivity contribution is -0.126. The number of nitrogens with zero attached hydrogens (tertiary/aromatic N) is 3. The van der Waals surface area contributed by atoms with Gasteiger partial charge in [0.25, 0.3) is 5.91 Å². The summed E-state index contributed by atoms with van der Waals surface area (Å²) in [7, 11) is 1.33. The van der Waals surface area contributed by atoms with Gasteiger partial charge in [-0.2, -0.15) is 0 Å². The monoisotopic (exact) mass is 585 g/mol. The molecule has 11 heteroatoms. The number of carbonyl (C=O) groups excluding carboxylic acids is 2. The van der Waals surface area contributed by atoms with Gasteiger partial charge in [-0.15, -0.1) is 0 Å². The van der Waals surface area contributed by atoms with E-state index in [-0.39, 0.29) is 24.8 Å². The predicted octanol–water partition coefficient (Wildman–Crippen LogP) is 5.01. The molecule has 2 amide bonds. The molecule has 40 heavy (non-hydrogen) atoms. The number of ether oxygens (including phenoxy) is 1. The number of carbonyl (C=O) groups is 2. The maximum absolute atomic E-state index is 13.8. The molecule has 6 rings (SSSR count). The first kappa shape index (κ1) is 27.1. The number of amides is 2. The van der Waals surface area contributed by atoms with Crippen LogP contribution in [0.3, 0.4) is 0 Å². The molecule has 3 atom stereocenters. The highest BCUT2D eigenvalue weighted by Gasteiger charge is 2.44. The van der Waals surface area contributed by atoms with E-state index >= 15 is 0 Å². The van der Waals surface area contributed by atoms with Gasteiger partial charge < -0.3 is 4.74 Å². The van der Waals surface area contributed by atoms with Crippen LogP contribution in [0, 0.1) is 17.7 Å². The summed E-state index contributed by atoms with van der Waals surface area (Å²) < 4.78 is 18.7. The van der Waals surface area contributed by atoms with Crippen LogP contribution in [0.15, 0.2) is 59.3 Å². The minimum Gasteiger partial charge on any atom is -0.453 e. The molecule has 3 aliphatic heterocycles. The summed E-state index contributed by atoms with van der Waals surface area (Å²) in [6.45, 7) is 2.08.